The van der Waals surface area contributed by atoms with Crippen LogP contribution in [0.25, 0.3) is 21.8 Å². The van der Waals surface area contributed by atoms with Crippen LogP contribution in [0, 0.1) is 0 Å². The summed E-state index contributed by atoms with van der Waals surface area (Å²) >= 11 is 1.51. The minimum absolute atomic E-state index is 0. The number of aromatic hydroxyl groups is 2. The standard InChI is InChI=1S/C22H25N3O3S.3ClH/c1-3-24-8-10-25(11-9-24)18-12-15(5-7-21(18)28-2)17-14-29-22(23-17)16-4-6-19(26)20(27)13-16;;;/h4-7,12-14,26-27H,3,8-11H2,1-2H3;3*1H. The second-order valence-electron chi connectivity index (χ2n) is 7.05. The molecule has 1 aliphatic rings. The van der Waals surface area contributed by atoms with E-state index in [0.717, 1.165) is 66.0 Å². The number of rotatable bonds is 5. The average Bonchev–Trinajstić information content (AvgIpc) is 3.25. The van der Waals surface area contributed by atoms with Gasteiger partial charge in [-0.15, -0.1) is 48.6 Å². The van der Waals surface area contributed by atoms with Crippen molar-refractivity contribution in [1.82, 2.24) is 9.88 Å². The average molecular weight is 521 g/mol. The number of hydrogen-bond donors (Lipinski definition) is 2. The summed E-state index contributed by atoms with van der Waals surface area (Å²) in [6.07, 6.45) is 0. The molecule has 3 aromatic rings. The number of piperazine rings is 1. The molecule has 0 amide bonds. The first kappa shape index (κ1) is 28.1. The van der Waals surface area contributed by atoms with Crippen LogP contribution in [0.1, 0.15) is 6.92 Å². The second-order valence-corrected chi connectivity index (χ2v) is 7.91. The van der Waals surface area contributed by atoms with Gasteiger partial charge in [-0.1, -0.05) is 6.92 Å². The van der Waals surface area contributed by atoms with Gasteiger partial charge in [-0.25, -0.2) is 4.98 Å². The van der Waals surface area contributed by atoms with Crippen molar-refractivity contribution >= 4 is 54.2 Å². The first-order valence-electron chi connectivity index (χ1n) is 9.72. The van der Waals surface area contributed by atoms with Crippen molar-refractivity contribution in [2.45, 2.75) is 6.92 Å². The van der Waals surface area contributed by atoms with E-state index in [1.807, 2.05) is 17.5 Å². The first-order valence-corrected chi connectivity index (χ1v) is 10.6. The molecule has 1 aliphatic heterocycles. The smallest absolute Gasteiger partial charge is 0.158 e. The molecule has 1 fully saturated rings. The number of anilines is 1. The van der Waals surface area contributed by atoms with Crippen LogP contribution in [0.3, 0.4) is 0 Å². The van der Waals surface area contributed by atoms with E-state index in [9.17, 15) is 10.2 Å². The van der Waals surface area contributed by atoms with E-state index in [0.29, 0.717) is 0 Å². The number of phenolic OH excluding ortho intramolecular Hbond substituents is 2. The third kappa shape index (κ3) is 5.91. The van der Waals surface area contributed by atoms with Crippen LogP contribution in [-0.4, -0.2) is 59.9 Å². The van der Waals surface area contributed by atoms with Gasteiger partial charge in [-0.2, -0.15) is 0 Å². The molecule has 6 nitrogen and oxygen atoms in total. The number of aromatic nitrogens is 1. The van der Waals surface area contributed by atoms with Crippen molar-refractivity contribution in [2.24, 2.45) is 0 Å². The molecule has 2 N–H and O–H groups in total. The Labute approximate surface area is 211 Å². The number of hydrogen-bond acceptors (Lipinski definition) is 7. The Morgan fingerprint density at radius 2 is 1.62 bits per heavy atom. The molecule has 0 spiro atoms. The van der Waals surface area contributed by atoms with Crippen molar-refractivity contribution in [3.05, 3.63) is 41.8 Å². The Morgan fingerprint density at radius 1 is 0.938 bits per heavy atom. The Morgan fingerprint density at radius 3 is 2.25 bits per heavy atom. The molecule has 2 heterocycles. The minimum Gasteiger partial charge on any atom is -0.504 e. The summed E-state index contributed by atoms with van der Waals surface area (Å²) in [5.74, 6) is 0.600. The molecule has 0 bridgehead atoms. The lowest BCUT2D eigenvalue weighted by molar-refractivity contribution is 0.270. The lowest BCUT2D eigenvalue weighted by Gasteiger charge is -2.36. The number of methoxy groups -OCH3 is 1. The van der Waals surface area contributed by atoms with E-state index in [1.54, 1.807) is 13.2 Å². The number of nitrogens with zero attached hydrogens (tertiary/aromatic N) is 3. The van der Waals surface area contributed by atoms with E-state index in [-0.39, 0.29) is 48.7 Å². The summed E-state index contributed by atoms with van der Waals surface area (Å²) in [7, 11) is 1.71. The minimum atomic E-state index is -0.141. The zero-order valence-electron chi connectivity index (χ0n) is 17.9. The van der Waals surface area contributed by atoms with Crippen molar-refractivity contribution < 1.29 is 14.9 Å². The maximum absolute atomic E-state index is 9.76. The fourth-order valence-corrected chi connectivity index (χ4v) is 4.42. The van der Waals surface area contributed by atoms with E-state index in [2.05, 4.69) is 22.8 Å². The van der Waals surface area contributed by atoms with Gasteiger partial charge in [0.05, 0.1) is 18.5 Å². The number of benzene rings is 2. The largest absolute Gasteiger partial charge is 0.504 e. The summed E-state index contributed by atoms with van der Waals surface area (Å²) in [4.78, 5) is 9.57. The molecule has 1 aromatic heterocycles. The molecule has 0 unspecified atom stereocenters. The number of likely N-dealkylation sites (N-methyl/N-ethyl adjacent to an activating group) is 1. The highest BCUT2D eigenvalue weighted by Crippen LogP contribution is 2.37. The van der Waals surface area contributed by atoms with Gasteiger partial charge in [-0.3, -0.25) is 0 Å². The lowest BCUT2D eigenvalue weighted by atomic mass is 10.1. The van der Waals surface area contributed by atoms with Gasteiger partial charge in [-0.05, 0) is 42.9 Å². The second kappa shape index (κ2) is 12.4. The van der Waals surface area contributed by atoms with Gasteiger partial charge in [0.1, 0.15) is 10.8 Å². The third-order valence-electron chi connectivity index (χ3n) is 5.36. The van der Waals surface area contributed by atoms with Crippen molar-refractivity contribution in [3.63, 3.8) is 0 Å². The van der Waals surface area contributed by atoms with Crippen LogP contribution in [0.5, 0.6) is 17.2 Å². The molecule has 176 valence electrons. The predicted molar refractivity (Wildman–Crippen MR) is 139 cm³/mol. The van der Waals surface area contributed by atoms with Crippen LogP contribution >= 0.6 is 48.6 Å². The van der Waals surface area contributed by atoms with Crippen LogP contribution in [0.15, 0.2) is 41.8 Å². The topological polar surface area (TPSA) is 69.1 Å². The molecular weight excluding hydrogens is 493 g/mol. The Kier molecular flexibility index (Phi) is 10.9. The highest BCUT2D eigenvalue weighted by Gasteiger charge is 2.20. The zero-order valence-corrected chi connectivity index (χ0v) is 21.1. The Hall–Kier alpha value is -1.90. The van der Waals surface area contributed by atoms with Crippen LogP contribution in [0.4, 0.5) is 5.69 Å². The summed E-state index contributed by atoms with van der Waals surface area (Å²) in [6, 6.07) is 10.9. The highest BCUT2D eigenvalue weighted by molar-refractivity contribution is 7.13. The van der Waals surface area contributed by atoms with Gasteiger partial charge in [0.2, 0.25) is 0 Å². The van der Waals surface area contributed by atoms with Crippen LogP contribution in [-0.2, 0) is 0 Å². The predicted octanol–water partition coefficient (Wildman–Crippen LogP) is 5.30. The van der Waals surface area contributed by atoms with Gasteiger partial charge < -0.3 is 24.7 Å². The van der Waals surface area contributed by atoms with Gasteiger partial charge in [0.15, 0.2) is 11.5 Å². The van der Waals surface area contributed by atoms with E-state index in [4.69, 9.17) is 9.72 Å². The Balaban J connectivity index is 0.00000171. The SMILES string of the molecule is CCN1CCN(c2cc(-c3csc(-c4ccc(O)c(O)c4)n3)ccc2OC)CC1.Cl.Cl.Cl. The van der Waals surface area contributed by atoms with E-state index in [1.165, 1.54) is 23.5 Å². The number of phenols is 2. The third-order valence-corrected chi connectivity index (χ3v) is 6.25. The molecule has 32 heavy (non-hydrogen) atoms. The zero-order chi connectivity index (χ0) is 20.4. The highest BCUT2D eigenvalue weighted by atomic mass is 35.5. The van der Waals surface area contributed by atoms with Gasteiger partial charge in [0, 0.05) is 42.7 Å². The van der Waals surface area contributed by atoms with Crippen molar-refractivity contribution in [1.29, 1.82) is 0 Å². The van der Waals surface area contributed by atoms with Crippen molar-refractivity contribution in [3.8, 4) is 39.1 Å². The Bertz CT molecular complexity index is 1010. The summed E-state index contributed by atoms with van der Waals surface area (Å²) in [5, 5.41) is 22.1. The maximum Gasteiger partial charge on any atom is 0.158 e. The molecule has 0 aliphatic carbocycles. The fraction of sp³-hybridized carbons (Fsp3) is 0.318. The molecule has 1 saturated heterocycles. The summed E-state index contributed by atoms with van der Waals surface area (Å²) in [6.45, 7) is 7.33. The van der Waals surface area contributed by atoms with Crippen molar-refractivity contribution in [2.75, 3.05) is 44.7 Å². The number of halogens is 3. The molecule has 0 saturated carbocycles. The molecular formula is C22H28Cl3N3O3S. The molecule has 0 radical (unpaired) electrons. The van der Waals surface area contributed by atoms with Gasteiger partial charge >= 0.3 is 0 Å². The van der Waals surface area contributed by atoms with E-state index >= 15 is 0 Å². The summed E-state index contributed by atoms with van der Waals surface area (Å²) in [5.41, 5.74) is 3.79. The molecule has 10 heteroatoms. The quantitative estimate of drug-likeness (QED) is 0.445. The molecule has 2 aromatic carbocycles. The molecule has 4 rings (SSSR count). The monoisotopic (exact) mass is 519 g/mol. The maximum atomic E-state index is 9.76. The fourth-order valence-electron chi connectivity index (χ4n) is 3.60. The normalized spacial score (nSPS) is 13.5. The number of ether oxygens (including phenoxy) is 1. The first-order chi connectivity index (χ1) is 14.1. The van der Waals surface area contributed by atoms with Gasteiger partial charge in [0.25, 0.3) is 0 Å². The van der Waals surface area contributed by atoms with Crippen LogP contribution in [0.2, 0.25) is 0 Å². The number of thiazole rings is 1. The van der Waals surface area contributed by atoms with Crippen LogP contribution < -0.4 is 9.64 Å². The van der Waals surface area contributed by atoms with E-state index < -0.39 is 0 Å². The summed E-state index contributed by atoms with van der Waals surface area (Å²) < 4.78 is 5.62. The lowest BCUT2D eigenvalue weighted by Crippen LogP contribution is -2.46. The molecule has 0 atom stereocenters.